The van der Waals surface area contributed by atoms with Gasteiger partial charge in [-0.3, -0.25) is 14.2 Å². The molecule has 1 fully saturated rings. The lowest BCUT2D eigenvalue weighted by atomic mass is 9.99. The third kappa shape index (κ3) is 2.69. The predicted molar refractivity (Wildman–Crippen MR) is 83.0 cm³/mol. The Morgan fingerprint density at radius 2 is 1.96 bits per heavy atom. The second-order valence-corrected chi connectivity index (χ2v) is 6.43. The molecule has 0 unspecified atom stereocenters. The number of hydrogen-bond donors (Lipinski definition) is 0. The monoisotopic (exact) mass is 316 g/mol. The highest BCUT2D eigenvalue weighted by Gasteiger charge is 2.26. The number of carbonyl (C=O) groups is 1. The van der Waals surface area contributed by atoms with Gasteiger partial charge in [0, 0.05) is 25.3 Å². The van der Waals surface area contributed by atoms with E-state index >= 15 is 0 Å². The van der Waals surface area contributed by atoms with E-state index in [1.165, 1.54) is 4.57 Å². The van der Waals surface area contributed by atoms with E-state index < -0.39 is 11.2 Å². The first-order valence-electron chi connectivity index (χ1n) is 8.07. The van der Waals surface area contributed by atoms with Crippen LogP contribution >= 0.6 is 0 Å². The summed E-state index contributed by atoms with van der Waals surface area (Å²) < 4.78 is 2.39. The lowest BCUT2D eigenvalue weighted by Crippen LogP contribution is -2.47. The molecule has 7 nitrogen and oxygen atoms in total. The minimum Gasteiger partial charge on any atom is -0.341 e. The van der Waals surface area contributed by atoms with Crippen LogP contribution in [0.5, 0.6) is 0 Å². The molecule has 1 amide bonds. The highest BCUT2D eigenvalue weighted by molar-refractivity contribution is 5.76. The van der Waals surface area contributed by atoms with Gasteiger partial charge in [-0.05, 0) is 31.6 Å². The molecule has 0 aromatic carbocycles. The number of piperidine rings is 1. The second kappa shape index (κ2) is 6.03. The zero-order chi connectivity index (χ0) is 16.6. The van der Waals surface area contributed by atoms with Crippen molar-refractivity contribution in [1.82, 2.24) is 14.0 Å². The van der Waals surface area contributed by atoms with Crippen molar-refractivity contribution in [3.8, 4) is 6.07 Å². The van der Waals surface area contributed by atoms with Crippen LogP contribution in [0, 0.1) is 17.2 Å². The zero-order valence-electron chi connectivity index (χ0n) is 13.2. The van der Waals surface area contributed by atoms with Crippen LogP contribution in [0.4, 0.5) is 0 Å². The maximum absolute atomic E-state index is 12.5. The van der Waals surface area contributed by atoms with Gasteiger partial charge in [-0.25, -0.2) is 9.36 Å². The van der Waals surface area contributed by atoms with Crippen molar-refractivity contribution in [3.63, 3.8) is 0 Å². The van der Waals surface area contributed by atoms with Gasteiger partial charge in [0.1, 0.15) is 18.2 Å². The van der Waals surface area contributed by atoms with Crippen molar-refractivity contribution in [3.05, 3.63) is 32.1 Å². The first kappa shape index (κ1) is 15.5. The third-order valence-electron chi connectivity index (χ3n) is 4.87. The molecule has 23 heavy (non-hydrogen) atoms. The molecule has 1 saturated heterocycles. The normalized spacial score (nSPS) is 17.8. The molecule has 0 saturated carbocycles. The van der Waals surface area contributed by atoms with Crippen molar-refractivity contribution in [2.45, 2.75) is 45.7 Å². The van der Waals surface area contributed by atoms with Crippen LogP contribution < -0.4 is 11.2 Å². The van der Waals surface area contributed by atoms with E-state index in [2.05, 4.69) is 6.92 Å². The van der Waals surface area contributed by atoms with E-state index in [9.17, 15) is 19.6 Å². The minimum absolute atomic E-state index is 0.00201. The second-order valence-electron chi connectivity index (χ2n) is 6.43. The number of rotatable bonds is 2. The Bertz CT molecular complexity index is 791. The Morgan fingerprint density at radius 3 is 2.61 bits per heavy atom. The minimum atomic E-state index is -0.635. The Labute approximate surface area is 133 Å². The zero-order valence-corrected chi connectivity index (χ0v) is 13.2. The average molecular weight is 316 g/mol. The van der Waals surface area contributed by atoms with E-state index in [1.807, 2.05) is 6.07 Å². The van der Waals surface area contributed by atoms with Gasteiger partial charge in [0.05, 0.1) is 0 Å². The average Bonchev–Trinajstić information content (AvgIpc) is 3.02. The van der Waals surface area contributed by atoms with Crippen LogP contribution in [-0.2, 0) is 24.3 Å². The van der Waals surface area contributed by atoms with Crippen LogP contribution in [-0.4, -0.2) is 33.0 Å². The van der Waals surface area contributed by atoms with E-state index in [4.69, 9.17) is 0 Å². The predicted octanol–water partition coefficient (Wildman–Crippen LogP) is 0.0864. The van der Waals surface area contributed by atoms with E-state index in [0.717, 1.165) is 23.8 Å². The van der Waals surface area contributed by atoms with Gasteiger partial charge in [0.2, 0.25) is 5.91 Å². The molecule has 2 aliphatic rings. The number of aromatic nitrogens is 2. The standard InChI is InChI=1S/C16H20N4O3/c1-11-4-7-18(8-5-11)14(21)10-20-15(22)12(9-17)13-3-2-6-19(13)16(20)23/h11H,2-8,10H2,1H3. The number of amides is 1. The van der Waals surface area contributed by atoms with Gasteiger partial charge in [-0.15, -0.1) is 0 Å². The Morgan fingerprint density at radius 1 is 1.26 bits per heavy atom. The van der Waals surface area contributed by atoms with Gasteiger partial charge >= 0.3 is 5.69 Å². The van der Waals surface area contributed by atoms with E-state index in [-0.39, 0.29) is 18.0 Å². The van der Waals surface area contributed by atoms with Crippen molar-refractivity contribution in [2.75, 3.05) is 13.1 Å². The molecule has 0 aliphatic carbocycles. The number of nitrogens with zero attached hydrogens (tertiary/aromatic N) is 4. The largest absolute Gasteiger partial charge is 0.341 e. The van der Waals surface area contributed by atoms with Crippen molar-refractivity contribution >= 4 is 5.91 Å². The third-order valence-corrected chi connectivity index (χ3v) is 4.87. The van der Waals surface area contributed by atoms with Gasteiger partial charge in [-0.1, -0.05) is 6.92 Å². The lowest BCUT2D eigenvalue weighted by Gasteiger charge is -2.30. The molecule has 0 bridgehead atoms. The van der Waals surface area contributed by atoms with Crippen LogP contribution in [0.3, 0.4) is 0 Å². The van der Waals surface area contributed by atoms with Crippen LogP contribution in [0.25, 0.3) is 0 Å². The van der Waals surface area contributed by atoms with Crippen molar-refractivity contribution in [1.29, 1.82) is 5.26 Å². The topological polar surface area (TPSA) is 88.1 Å². The van der Waals surface area contributed by atoms with Gasteiger partial charge < -0.3 is 4.90 Å². The summed E-state index contributed by atoms with van der Waals surface area (Å²) in [6, 6.07) is 1.90. The van der Waals surface area contributed by atoms with Crippen molar-refractivity contribution in [2.24, 2.45) is 5.92 Å². The quantitative estimate of drug-likeness (QED) is 0.773. The summed E-state index contributed by atoms with van der Waals surface area (Å²) in [6.07, 6.45) is 3.18. The molecule has 1 aromatic heterocycles. The van der Waals surface area contributed by atoms with Gasteiger partial charge in [-0.2, -0.15) is 5.26 Å². The maximum atomic E-state index is 12.5. The van der Waals surface area contributed by atoms with E-state index in [0.29, 0.717) is 37.7 Å². The molecule has 0 atom stereocenters. The molecule has 122 valence electrons. The first-order chi connectivity index (χ1) is 11.0. The summed E-state index contributed by atoms with van der Waals surface area (Å²) in [5, 5.41) is 9.24. The molecule has 1 aromatic rings. The summed E-state index contributed by atoms with van der Waals surface area (Å²) in [7, 11) is 0. The fourth-order valence-electron chi connectivity index (χ4n) is 3.38. The SMILES string of the molecule is CC1CCN(C(=O)Cn2c(=O)c(C#N)c3n(c2=O)CCC3)CC1. The molecule has 3 heterocycles. The van der Waals surface area contributed by atoms with Gasteiger partial charge in [0.15, 0.2) is 0 Å². The lowest BCUT2D eigenvalue weighted by molar-refractivity contribution is -0.133. The Hall–Kier alpha value is -2.36. The number of hydrogen-bond acceptors (Lipinski definition) is 4. The Kier molecular flexibility index (Phi) is 4.07. The number of fused-ring (bicyclic) bond motifs is 1. The molecule has 2 aliphatic heterocycles. The highest BCUT2D eigenvalue weighted by atomic mass is 16.2. The molecular weight excluding hydrogens is 296 g/mol. The fraction of sp³-hybridized carbons (Fsp3) is 0.625. The first-order valence-corrected chi connectivity index (χ1v) is 8.07. The summed E-state index contributed by atoms with van der Waals surface area (Å²) in [5.41, 5.74) is -0.593. The highest BCUT2D eigenvalue weighted by Crippen LogP contribution is 2.16. The maximum Gasteiger partial charge on any atom is 0.331 e. The smallest absolute Gasteiger partial charge is 0.331 e. The summed E-state index contributed by atoms with van der Waals surface area (Å²) in [4.78, 5) is 39.0. The fourth-order valence-corrected chi connectivity index (χ4v) is 3.38. The molecule has 0 radical (unpaired) electrons. The molecule has 0 spiro atoms. The van der Waals surface area contributed by atoms with Crippen LogP contribution in [0.1, 0.15) is 37.4 Å². The molecule has 7 heteroatoms. The number of carbonyl (C=O) groups excluding carboxylic acids is 1. The summed E-state index contributed by atoms with van der Waals surface area (Å²) in [6.45, 7) is 3.69. The van der Waals surface area contributed by atoms with Crippen LogP contribution in [0.15, 0.2) is 9.59 Å². The molecule has 0 N–H and O–H groups in total. The number of likely N-dealkylation sites (tertiary alicyclic amines) is 1. The summed E-state index contributed by atoms with van der Waals surface area (Å²) in [5.74, 6) is 0.371. The van der Waals surface area contributed by atoms with Crippen LogP contribution in [0.2, 0.25) is 0 Å². The summed E-state index contributed by atoms with van der Waals surface area (Å²) >= 11 is 0. The number of nitriles is 1. The molecular formula is C16H20N4O3. The molecule has 3 rings (SSSR count). The van der Waals surface area contributed by atoms with E-state index in [1.54, 1.807) is 4.90 Å². The van der Waals surface area contributed by atoms with Gasteiger partial charge in [0.25, 0.3) is 5.56 Å². The van der Waals surface area contributed by atoms with Crippen molar-refractivity contribution < 1.29 is 4.79 Å². The Balaban J connectivity index is 1.92.